The Morgan fingerprint density at radius 2 is 2.50 bits per heavy atom. The predicted molar refractivity (Wildman–Crippen MR) is 57.4 cm³/mol. The molecule has 78 valence electrons. The van der Waals surface area contributed by atoms with Crippen LogP contribution in [0.1, 0.15) is 24.0 Å². The summed E-state index contributed by atoms with van der Waals surface area (Å²) in [6.45, 7) is 6.54. The predicted octanol–water partition coefficient (Wildman–Crippen LogP) is 1.41. The van der Waals surface area contributed by atoms with E-state index in [1.165, 1.54) is 0 Å². The van der Waals surface area contributed by atoms with Crippen molar-refractivity contribution in [3.8, 4) is 0 Å². The van der Waals surface area contributed by atoms with E-state index in [1.54, 1.807) is 11.3 Å². The zero-order chi connectivity index (χ0) is 10.2. The normalized spacial score (nSPS) is 28.5. The number of hydrogen-bond donors (Lipinski definition) is 1. The highest BCUT2D eigenvalue weighted by Gasteiger charge is 2.31. The van der Waals surface area contributed by atoms with Gasteiger partial charge in [0, 0.05) is 25.0 Å². The number of thiazole rings is 1. The zero-order valence-electron chi connectivity index (χ0n) is 8.66. The summed E-state index contributed by atoms with van der Waals surface area (Å²) in [6.07, 6.45) is 0.871. The van der Waals surface area contributed by atoms with Crippen LogP contribution in [0, 0.1) is 6.92 Å². The molecule has 1 aliphatic heterocycles. The van der Waals surface area contributed by atoms with Crippen LogP contribution < -0.4 is 0 Å². The summed E-state index contributed by atoms with van der Waals surface area (Å²) < 4.78 is 0. The first-order chi connectivity index (χ1) is 6.55. The molecule has 1 aliphatic rings. The second-order valence-electron chi connectivity index (χ2n) is 4.32. The summed E-state index contributed by atoms with van der Waals surface area (Å²) >= 11 is 1.69. The minimum atomic E-state index is -0.495. The Bertz CT molecular complexity index is 322. The summed E-state index contributed by atoms with van der Waals surface area (Å²) in [4.78, 5) is 6.68. The van der Waals surface area contributed by atoms with E-state index >= 15 is 0 Å². The smallest absolute Gasteiger partial charge is 0.0897 e. The van der Waals surface area contributed by atoms with Gasteiger partial charge in [-0.25, -0.2) is 4.98 Å². The van der Waals surface area contributed by atoms with Gasteiger partial charge in [0.25, 0.3) is 0 Å². The number of β-amino-alcohol motifs (C(OH)–C–C–N with tert-alkyl or cyclic N) is 1. The van der Waals surface area contributed by atoms with Gasteiger partial charge in [-0.1, -0.05) is 0 Å². The van der Waals surface area contributed by atoms with E-state index in [1.807, 2.05) is 13.8 Å². The maximum absolute atomic E-state index is 9.79. The molecule has 0 bridgehead atoms. The first-order valence-electron chi connectivity index (χ1n) is 4.91. The lowest BCUT2D eigenvalue weighted by Gasteiger charge is -2.17. The van der Waals surface area contributed by atoms with Gasteiger partial charge < -0.3 is 5.11 Å². The van der Waals surface area contributed by atoms with Crippen molar-refractivity contribution < 1.29 is 5.11 Å². The molecule has 1 aromatic rings. The van der Waals surface area contributed by atoms with Crippen LogP contribution in [0.2, 0.25) is 0 Å². The maximum atomic E-state index is 9.79. The summed E-state index contributed by atoms with van der Waals surface area (Å²) in [5.74, 6) is 0. The molecule has 1 fully saturated rings. The molecule has 0 aliphatic carbocycles. The van der Waals surface area contributed by atoms with Gasteiger partial charge >= 0.3 is 0 Å². The van der Waals surface area contributed by atoms with Crippen LogP contribution in [-0.4, -0.2) is 33.7 Å². The SMILES string of the molecule is Cc1nc(CN2CCC(C)(O)C2)cs1. The van der Waals surface area contributed by atoms with Crippen LogP contribution in [0.5, 0.6) is 0 Å². The highest BCUT2D eigenvalue weighted by molar-refractivity contribution is 7.09. The maximum Gasteiger partial charge on any atom is 0.0897 e. The van der Waals surface area contributed by atoms with Crippen molar-refractivity contribution in [3.63, 3.8) is 0 Å². The average molecular weight is 212 g/mol. The topological polar surface area (TPSA) is 36.4 Å². The molecule has 0 spiro atoms. The minimum Gasteiger partial charge on any atom is -0.389 e. The molecule has 3 nitrogen and oxygen atoms in total. The molecular weight excluding hydrogens is 196 g/mol. The van der Waals surface area contributed by atoms with E-state index in [2.05, 4.69) is 15.3 Å². The van der Waals surface area contributed by atoms with Crippen molar-refractivity contribution in [1.29, 1.82) is 0 Å². The molecule has 2 heterocycles. The molecule has 1 atom stereocenters. The molecule has 0 saturated carbocycles. The number of aliphatic hydroxyl groups is 1. The van der Waals surface area contributed by atoms with Crippen molar-refractivity contribution in [2.75, 3.05) is 13.1 Å². The fourth-order valence-electron chi connectivity index (χ4n) is 1.88. The zero-order valence-corrected chi connectivity index (χ0v) is 9.47. The minimum absolute atomic E-state index is 0.495. The first-order valence-corrected chi connectivity index (χ1v) is 5.79. The summed E-state index contributed by atoms with van der Waals surface area (Å²) in [5.41, 5.74) is 0.635. The summed E-state index contributed by atoms with van der Waals surface area (Å²) in [6, 6.07) is 0. The highest BCUT2D eigenvalue weighted by atomic mass is 32.1. The quantitative estimate of drug-likeness (QED) is 0.805. The highest BCUT2D eigenvalue weighted by Crippen LogP contribution is 2.22. The lowest BCUT2D eigenvalue weighted by Crippen LogP contribution is -2.29. The van der Waals surface area contributed by atoms with Crippen molar-refractivity contribution in [2.45, 2.75) is 32.4 Å². The van der Waals surface area contributed by atoms with Gasteiger partial charge in [0.1, 0.15) is 0 Å². The van der Waals surface area contributed by atoms with E-state index in [0.717, 1.165) is 36.8 Å². The Balaban J connectivity index is 1.94. The van der Waals surface area contributed by atoms with Gasteiger partial charge in [-0.15, -0.1) is 11.3 Å². The van der Waals surface area contributed by atoms with Crippen LogP contribution in [0.25, 0.3) is 0 Å². The van der Waals surface area contributed by atoms with Gasteiger partial charge in [-0.05, 0) is 20.3 Å². The molecule has 4 heteroatoms. The lowest BCUT2D eigenvalue weighted by atomic mass is 10.1. The second-order valence-corrected chi connectivity index (χ2v) is 5.38. The first kappa shape index (κ1) is 10.1. The van der Waals surface area contributed by atoms with Crippen molar-refractivity contribution in [1.82, 2.24) is 9.88 Å². The summed E-state index contributed by atoms with van der Waals surface area (Å²) in [7, 11) is 0. The molecule has 0 amide bonds. The third kappa shape index (κ3) is 2.32. The number of nitrogens with zero attached hydrogens (tertiary/aromatic N) is 2. The van der Waals surface area contributed by atoms with Crippen molar-refractivity contribution >= 4 is 11.3 Å². The average Bonchev–Trinajstić information content (AvgIpc) is 2.59. The van der Waals surface area contributed by atoms with Gasteiger partial charge in [0.2, 0.25) is 0 Å². The third-order valence-corrected chi connectivity index (χ3v) is 3.41. The molecule has 1 saturated heterocycles. The van der Waals surface area contributed by atoms with Gasteiger partial charge in [0.05, 0.1) is 16.3 Å². The van der Waals surface area contributed by atoms with Crippen LogP contribution in [0.15, 0.2) is 5.38 Å². The Labute approximate surface area is 88.4 Å². The molecule has 14 heavy (non-hydrogen) atoms. The van der Waals surface area contributed by atoms with Crippen LogP contribution in [-0.2, 0) is 6.54 Å². The Hall–Kier alpha value is -0.450. The monoisotopic (exact) mass is 212 g/mol. The molecule has 2 rings (SSSR count). The summed E-state index contributed by atoms with van der Waals surface area (Å²) in [5, 5.41) is 13.0. The molecule has 0 aromatic carbocycles. The van der Waals surface area contributed by atoms with Crippen LogP contribution in [0.4, 0.5) is 0 Å². The van der Waals surface area contributed by atoms with Crippen LogP contribution in [0.3, 0.4) is 0 Å². The Morgan fingerprint density at radius 1 is 1.71 bits per heavy atom. The largest absolute Gasteiger partial charge is 0.389 e. The van der Waals surface area contributed by atoms with Crippen molar-refractivity contribution in [3.05, 3.63) is 16.1 Å². The fourth-order valence-corrected chi connectivity index (χ4v) is 2.49. The number of likely N-dealkylation sites (tertiary alicyclic amines) is 1. The van der Waals surface area contributed by atoms with E-state index in [9.17, 15) is 5.11 Å². The molecule has 1 N–H and O–H groups in total. The van der Waals surface area contributed by atoms with Gasteiger partial charge in [-0.2, -0.15) is 0 Å². The standard InChI is InChI=1S/C10H16N2OS/c1-8-11-9(6-14-8)5-12-4-3-10(2,13)7-12/h6,13H,3-5,7H2,1-2H3. The number of hydrogen-bond acceptors (Lipinski definition) is 4. The van der Waals surface area contributed by atoms with Crippen molar-refractivity contribution in [2.24, 2.45) is 0 Å². The van der Waals surface area contributed by atoms with E-state index in [0.29, 0.717) is 0 Å². The van der Waals surface area contributed by atoms with Gasteiger partial charge in [0.15, 0.2) is 0 Å². The fraction of sp³-hybridized carbons (Fsp3) is 0.700. The molecule has 1 unspecified atom stereocenters. The molecule has 0 radical (unpaired) electrons. The molecular formula is C10H16N2OS. The van der Waals surface area contributed by atoms with E-state index < -0.39 is 5.60 Å². The molecule has 1 aromatic heterocycles. The number of rotatable bonds is 2. The van der Waals surface area contributed by atoms with Crippen LogP contribution >= 0.6 is 11.3 Å². The number of aromatic nitrogens is 1. The van der Waals surface area contributed by atoms with E-state index in [-0.39, 0.29) is 0 Å². The third-order valence-electron chi connectivity index (χ3n) is 2.58. The Morgan fingerprint density at radius 3 is 3.00 bits per heavy atom. The lowest BCUT2D eigenvalue weighted by molar-refractivity contribution is 0.0678. The second kappa shape index (κ2) is 3.61. The van der Waals surface area contributed by atoms with Gasteiger partial charge in [-0.3, -0.25) is 4.90 Å². The van der Waals surface area contributed by atoms with E-state index in [4.69, 9.17) is 0 Å². The number of aryl methyl sites for hydroxylation is 1. The Kier molecular flexibility index (Phi) is 2.60.